The van der Waals surface area contributed by atoms with E-state index in [1.807, 2.05) is 0 Å². The summed E-state index contributed by atoms with van der Waals surface area (Å²) in [4.78, 5) is 1.78. The molecular weight excluding hydrogens is 338 g/mol. The molecule has 0 amide bonds. The van der Waals surface area contributed by atoms with Crippen LogP contribution in [-0.4, -0.2) is 23.2 Å². The molecule has 2 fully saturated rings. The van der Waals surface area contributed by atoms with Crippen molar-refractivity contribution in [2.75, 3.05) is 5.32 Å². The minimum atomic E-state index is 0.498. The molecule has 2 aliphatic rings. The van der Waals surface area contributed by atoms with E-state index in [0.29, 0.717) is 6.04 Å². The highest BCUT2D eigenvalue weighted by Crippen LogP contribution is 2.23. The van der Waals surface area contributed by atoms with Crippen LogP contribution in [0.3, 0.4) is 0 Å². The lowest BCUT2D eigenvalue weighted by atomic mass is 9.96. The van der Waals surface area contributed by atoms with Crippen LogP contribution >= 0.6 is 12.2 Å². The van der Waals surface area contributed by atoms with Gasteiger partial charge >= 0.3 is 0 Å². The predicted octanol–water partition coefficient (Wildman–Crippen LogP) is 3.06. The first-order chi connectivity index (χ1) is 12.7. The van der Waals surface area contributed by atoms with Crippen molar-refractivity contribution >= 4 is 23.0 Å². The molecule has 2 aliphatic heterocycles. The molecule has 4 atom stereocenters. The second kappa shape index (κ2) is 7.77. The van der Waals surface area contributed by atoms with Gasteiger partial charge in [-0.25, -0.2) is 0 Å². The fraction of sp³-hybridized carbons (Fsp3) is 0.409. The average molecular weight is 367 g/mol. The van der Waals surface area contributed by atoms with E-state index >= 15 is 0 Å². The van der Waals surface area contributed by atoms with E-state index in [4.69, 9.17) is 12.2 Å². The number of hydrogen-bond donors (Lipinski definition) is 3. The smallest absolute Gasteiger partial charge is 0.171 e. The van der Waals surface area contributed by atoms with Gasteiger partial charge in [0.1, 0.15) is 6.54 Å². The number of nitrogens with one attached hydrogen (secondary N) is 3. The van der Waals surface area contributed by atoms with E-state index in [-0.39, 0.29) is 0 Å². The largest absolute Gasteiger partial charge is 0.359 e. The third kappa shape index (κ3) is 4.08. The molecule has 26 heavy (non-hydrogen) atoms. The fourth-order valence-corrected chi connectivity index (χ4v) is 4.94. The molecule has 3 N–H and O–H groups in total. The molecule has 0 radical (unpaired) electrons. The number of piperidine rings is 1. The van der Waals surface area contributed by atoms with E-state index in [1.165, 1.54) is 36.8 Å². The highest BCUT2D eigenvalue weighted by Gasteiger charge is 2.44. The summed E-state index contributed by atoms with van der Waals surface area (Å²) in [6.07, 6.45) is 5.13. The Morgan fingerprint density at radius 1 is 1.00 bits per heavy atom. The summed E-state index contributed by atoms with van der Waals surface area (Å²) in [5.41, 5.74) is 3.78. The number of rotatable bonds is 4. The zero-order valence-electron chi connectivity index (χ0n) is 15.4. The molecule has 136 valence electrons. The Labute approximate surface area is 161 Å². The van der Waals surface area contributed by atoms with Crippen LogP contribution in [0.15, 0.2) is 54.6 Å². The molecule has 2 aromatic carbocycles. The second-order valence-electron chi connectivity index (χ2n) is 7.84. The van der Waals surface area contributed by atoms with Gasteiger partial charge in [0.05, 0.1) is 12.1 Å². The molecule has 2 heterocycles. The highest BCUT2D eigenvalue weighted by atomic mass is 32.1. The second-order valence-corrected chi connectivity index (χ2v) is 8.25. The number of hydrogen-bond acceptors (Lipinski definition) is 1. The Balaban J connectivity index is 1.32. The van der Waals surface area contributed by atoms with Crippen molar-refractivity contribution in [3.8, 4) is 0 Å². The summed E-state index contributed by atoms with van der Waals surface area (Å²) >= 11 is 5.55. The van der Waals surface area contributed by atoms with Crippen LogP contribution < -0.4 is 15.5 Å². The van der Waals surface area contributed by atoms with Gasteiger partial charge in [-0.2, -0.15) is 0 Å². The van der Waals surface area contributed by atoms with E-state index in [2.05, 4.69) is 72.2 Å². The number of anilines is 1. The van der Waals surface area contributed by atoms with Gasteiger partial charge in [0, 0.05) is 43.0 Å². The van der Waals surface area contributed by atoms with Crippen LogP contribution in [0.5, 0.6) is 0 Å². The summed E-state index contributed by atoms with van der Waals surface area (Å²) in [7, 11) is 0. The SMILES string of the molecule is Cc1ccc(NC(=S)NC2C[C@H]3CC[C@@H](C2)[NH+]3Cc2ccccc2)cc1. The highest BCUT2D eigenvalue weighted by molar-refractivity contribution is 7.80. The summed E-state index contributed by atoms with van der Waals surface area (Å²) < 4.78 is 0. The van der Waals surface area contributed by atoms with Crippen LogP contribution in [0.2, 0.25) is 0 Å². The van der Waals surface area contributed by atoms with Crippen molar-refractivity contribution in [1.29, 1.82) is 0 Å². The van der Waals surface area contributed by atoms with Crippen molar-refractivity contribution in [3.63, 3.8) is 0 Å². The lowest BCUT2D eigenvalue weighted by Gasteiger charge is -2.36. The molecule has 0 aliphatic carbocycles. The number of benzene rings is 2. The summed E-state index contributed by atoms with van der Waals surface area (Å²) in [5.74, 6) is 0. The molecule has 0 aromatic heterocycles. The van der Waals surface area contributed by atoms with Crippen molar-refractivity contribution in [2.24, 2.45) is 0 Å². The quantitative estimate of drug-likeness (QED) is 0.727. The zero-order valence-corrected chi connectivity index (χ0v) is 16.2. The fourth-order valence-electron chi connectivity index (χ4n) is 4.66. The van der Waals surface area contributed by atoms with Crippen molar-refractivity contribution < 1.29 is 4.90 Å². The maximum absolute atomic E-state index is 5.55. The van der Waals surface area contributed by atoms with Gasteiger partial charge in [-0.05, 0) is 31.3 Å². The van der Waals surface area contributed by atoms with Crippen molar-refractivity contribution in [3.05, 3.63) is 65.7 Å². The molecule has 2 unspecified atom stereocenters. The molecule has 3 nitrogen and oxygen atoms in total. The van der Waals surface area contributed by atoms with Crippen LogP contribution in [-0.2, 0) is 6.54 Å². The van der Waals surface area contributed by atoms with Crippen LogP contribution in [0, 0.1) is 6.92 Å². The Morgan fingerprint density at radius 3 is 2.31 bits per heavy atom. The molecule has 0 saturated carbocycles. The number of aryl methyl sites for hydroxylation is 1. The summed E-state index contributed by atoms with van der Waals surface area (Å²) in [6, 6.07) is 21.3. The molecule has 0 spiro atoms. The zero-order chi connectivity index (χ0) is 17.9. The van der Waals surface area contributed by atoms with E-state index in [1.54, 1.807) is 4.90 Å². The normalized spacial score (nSPS) is 27.1. The predicted molar refractivity (Wildman–Crippen MR) is 111 cm³/mol. The minimum Gasteiger partial charge on any atom is -0.359 e. The number of fused-ring (bicyclic) bond motifs is 2. The summed E-state index contributed by atoms with van der Waals surface area (Å²) in [6.45, 7) is 3.26. The first-order valence-corrected chi connectivity index (χ1v) is 10.1. The standard InChI is InChI=1S/C22H27N3S/c1-16-7-9-18(10-8-16)23-22(26)24-19-13-20-11-12-21(14-19)25(20)15-17-5-3-2-4-6-17/h2-10,19-21H,11-15H2,1H3,(H2,23,24,26)/p+1/t19?,20-,21+. The molecule has 2 bridgehead atoms. The van der Waals surface area contributed by atoms with E-state index in [9.17, 15) is 0 Å². The average Bonchev–Trinajstić information content (AvgIpc) is 2.87. The minimum absolute atomic E-state index is 0.498. The number of thiocarbonyl (C=S) groups is 1. The van der Waals surface area contributed by atoms with Gasteiger partial charge < -0.3 is 15.5 Å². The first-order valence-electron chi connectivity index (χ1n) is 9.71. The third-order valence-corrected chi connectivity index (χ3v) is 6.17. The monoisotopic (exact) mass is 366 g/mol. The Hall–Kier alpha value is -1.91. The molecule has 4 rings (SSSR count). The van der Waals surface area contributed by atoms with Gasteiger partial charge in [-0.1, -0.05) is 48.0 Å². The van der Waals surface area contributed by atoms with E-state index in [0.717, 1.165) is 29.4 Å². The van der Waals surface area contributed by atoms with Gasteiger partial charge in [0.15, 0.2) is 5.11 Å². The number of quaternary nitrogens is 1. The van der Waals surface area contributed by atoms with Gasteiger partial charge in [-0.15, -0.1) is 0 Å². The van der Waals surface area contributed by atoms with Gasteiger partial charge in [0.2, 0.25) is 0 Å². The van der Waals surface area contributed by atoms with Gasteiger partial charge in [0.25, 0.3) is 0 Å². The maximum atomic E-state index is 5.55. The van der Waals surface area contributed by atoms with Crippen LogP contribution in [0.4, 0.5) is 5.69 Å². The van der Waals surface area contributed by atoms with E-state index < -0.39 is 0 Å². The summed E-state index contributed by atoms with van der Waals surface area (Å²) in [5, 5.41) is 7.66. The van der Waals surface area contributed by atoms with Crippen molar-refractivity contribution in [1.82, 2.24) is 5.32 Å². The van der Waals surface area contributed by atoms with Crippen LogP contribution in [0.25, 0.3) is 0 Å². The topological polar surface area (TPSA) is 28.5 Å². The van der Waals surface area contributed by atoms with Gasteiger partial charge in [-0.3, -0.25) is 0 Å². The molecule has 2 saturated heterocycles. The Kier molecular flexibility index (Phi) is 5.23. The Bertz CT molecular complexity index is 730. The first kappa shape index (κ1) is 17.5. The van der Waals surface area contributed by atoms with Crippen LogP contribution in [0.1, 0.15) is 36.8 Å². The lowest BCUT2D eigenvalue weighted by Crippen LogP contribution is -3.17. The molecule has 4 heteroatoms. The van der Waals surface area contributed by atoms with Crippen molar-refractivity contribution in [2.45, 2.75) is 57.3 Å². The third-order valence-electron chi connectivity index (χ3n) is 5.95. The molecule has 2 aromatic rings. The Morgan fingerprint density at radius 2 is 1.65 bits per heavy atom. The maximum Gasteiger partial charge on any atom is 0.171 e. The lowest BCUT2D eigenvalue weighted by molar-refractivity contribution is -0.954. The molecular formula is C22H28N3S+.